The van der Waals surface area contributed by atoms with Crippen LogP contribution in [0.4, 0.5) is 0 Å². The van der Waals surface area contributed by atoms with Crippen LogP contribution in [0.3, 0.4) is 0 Å². The fourth-order valence-corrected chi connectivity index (χ4v) is 3.56. The number of hydrogen-bond donors (Lipinski definition) is 1. The molecule has 0 spiro atoms. The van der Waals surface area contributed by atoms with Gasteiger partial charge in [0.25, 0.3) is 0 Å². The van der Waals surface area contributed by atoms with Crippen molar-refractivity contribution in [1.82, 2.24) is 4.90 Å². The van der Waals surface area contributed by atoms with Gasteiger partial charge in [0.2, 0.25) is 5.91 Å². The van der Waals surface area contributed by atoms with Crippen molar-refractivity contribution in [2.45, 2.75) is 38.1 Å². The molecule has 0 aromatic rings. The Morgan fingerprint density at radius 2 is 1.75 bits per heavy atom. The van der Waals surface area contributed by atoms with Crippen LogP contribution in [-0.4, -0.2) is 29.9 Å². The van der Waals surface area contributed by atoms with E-state index in [2.05, 4.69) is 0 Å². The Labute approximate surface area is 103 Å². The summed E-state index contributed by atoms with van der Waals surface area (Å²) in [5, 5.41) is 0. The van der Waals surface area contributed by atoms with Gasteiger partial charge < -0.3 is 10.6 Å². The number of likely N-dealkylation sites (tertiary alicyclic amines) is 1. The van der Waals surface area contributed by atoms with E-state index in [4.69, 9.17) is 5.73 Å². The minimum absolute atomic E-state index is 0. The van der Waals surface area contributed by atoms with Crippen molar-refractivity contribution in [3.05, 3.63) is 0 Å². The summed E-state index contributed by atoms with van der Waals surface area (Å²) in [5.74, 6) is 2.28. The molecule has 1 saturated heterocycles. The van der Waals surface area contributed by atoms with Crippen LogP contribution in [0.2, 0.25) is 0 Å². The molecular weight excluding hydrogens is 224 g/mol. The highest BCUT2D eigenvalue weighted by molar-refractivity contribution is 5.85. The van der Waals surface area contributed by atoms with Crippen LogP contribution < -0.4 is 5.73 Å². The number of halogens is 1. The first kappa shape index (κ1) is 12.2. The quantitative estimate of drug-likeness (QED) is 0.758. The molecule has 0 aromatic heterocycles. The van der Waals surface area contributed by atoms with Crippen molar-refractivity contribution in [3.8, 4) is 0 Å². The van der Waals surface area contributed by atoms with Gasteiger partial charge in [0.1, 0.15) is 0 Å². The van der Waals surface area contributed by atoms with Crippen LogP contribution in [0.15, 0.2) is 0 Å². The largest absolute Gasteiger partial charge is 0.341 e. The molecule has 0 radical (unpaired) electrons. The summed E-state index contributed by atoms with van der Waals surface area (Å²) in [6, 6.07) is 0.231. The molecule has 3 nitrogen and oxygen atoms in total. The Balaban J connectivity index is 0.000000963. The first-order valence-corrected chi connectivity index (χ1v) is 6.32. The number of fused-ring (bicyclic) bond motifs is 1. The highest BCUT2D eigenvalue weighted by atomic mass is 35.5. The van der Waals surface area contributed by atoms with Gasteiger partial charge in [-0.3, -0.25) is 4.79 Å². The van der Waals surface area contributed by atoms with Crippen molar-refractivity contribution in [3.63, 3.8) is 0 Å². The van der Waals surface area contributed by atoms with E-state index in [1.165, 1.54) is 25.7 Å². The van der Waals surface area contributed by atoms with Gasteiger partial charge in [-0.05, 0) is 31.1 Å². The fourth-order valence-electron chi connectivity index (χ4n) is 3.56. The molecule has 2 saturated carbocycles. The third-order valence-corrected chi connectivity index (χ3v) is 4.48. The van der Waals surface area contributed by atoms with E-state index in [9.17, 15) is 4.79 Å². The molecule has 0 bridgehead atoms. The topological polar surface area (TPSA) is 46.3 Å². The summed E-state index contributed by atoms with van der Waals surface area (Å²) in [7, 11) is 0. The first-order chi connectivity index (χ1) is 7.27. The zero-order valence-corrected chi connectivity index (χ0v) is 10.4. The SMILES string of the molecule is Cl.NC1CCN(C(=O)C2C3CCCCC32)C1. The maximum Gasteiger partial charge on any atom is 0.226 e. The van der Waals surface area contributed by atoms with Gasteiger partial charge >= 0.3 is 0 Å². The molecule has 1 heterocycles. The molecule has 3 fully saturated rings. The van der Waals surface area contributed by atoms with Crippen molar-refractivity contribution in [1.29, 1.82) is 0 Å². The zero-order chi connectivity index (χ0) is 10.4. The molecule has 16 heavy (non-hydrogen) atoms. The molecule has 92 valence electrons. The zero-order valence-electron chi connectivity index (χ0n) is 9.60. The molecule has 3 atom stereocenters. The van der Waals surface area contributed by atoms with Gasteiger partial charge in [-0.15, -0.1) is 12.4 Å². The van der Waals surface area contributed by atoms with Crippen LogP contribution >= 0.6 is 12.4 Å². The normalized spacial score (nSPS) is 41.2. The standard InChI is InChI=1S/C12H20N2O.ClH/c13-8-5-6-14(7-8)12(15)11-9-3-1-2-4-10(9)11;/h8-11H,1-7,13H2;1H. The van der Waals surface area contributed by atoms with E-state index in [1.807, 2.05) is 4.90 Å². The minimum atomic E-state index is 0. The first-order valence-electron chi connectivity index (χ1n) is 6.32. The second-order valence-electron chi connectivity index (χ2n) is 5.47. The lowest BCUT2D eigenvalue weighted by atomic mass is 10.0. The Morgan fingerprint density at radius 1 is 1.12 bits per heavy atom. The van der Waals surface area contributed by atoms with Gasteiger partial charge in [0, 0.05) is 25.0 Å². The van der Waals surface area contributed by atoms with Crippen LogP contribution in [-0.2, 0) is 4.79 Å². The number of nitrogens with two attached hydrogens (primary N) is 1. The van der Waals surface area contributed by atoms with E-state index in [1.54, 1.807) is 0 Å². The number of amides is 1. The Kier molecular flexibility index (Phi) is 3.45. The molecule has 3 unspecified atom stereocenters. The third-order valence-electron chi connectivity index (χ3n) is 4.48. The number of nitrogens with zero attached hydrogens (tertiary/aromatic N) is 1. The third kappa shape index (κ3) is 1.95. The minimum Gasteiger partial charge on any atom is -0.341 e. The molecule has 1 amide bonds. The molecule has 3 rings (SSSR count). The number of carbonyl (C=O) groups excluding carboxylic acids is 1. The molecule has 2 N–H and O–H groups in total. The van der Waals surface area contributed by atoms with Crippen LogP contribution in [0.5, 0.6) is 0 Å². The lowest BCUT2D eigenvalue weighted by Gasteiger charge is -2.15. The summed E-state index contributed by atoms with van der Waals surface area (Å²) in [4.78, 5) is 14.2. The average Bonchev–Trinajstić information content (AvgIpc) is 2.82. The van der Waals surface area contributed by atoms with E-state index < -0.39 is 0 Å². The lowest BCUT2D eigenvalue weighted by molar-refractivity contribution is -0.132. The predicted molar refractivity (Wildman–Crippen MR) is 65.4 cm³/mol. The Morgan fingerprint density at radius 3 is 2.25 bits per heavy atom. The summed E-state index contributed by atoms with van der Waals surface area (Å²) in [5.41, 5.74) is 5.84. The van der Waals surface area contributed by atoms with E-state index >= 15 is 0 Å². The van der Waals surface area contributed by atoms with Crippen molar-refractivity contribution < 1.29 is 4.79 Å². The number of carbonyl (C=O) groups is 1. The lowest BCUT2D eigenvalue weighted by Crippen LogP contribution is -2.33. The van der Waals surface area contributed by atoms with Gasteiger partial charge in [0.15, 0.2) is 0 Å². The smallest absolute Gasteiger partial charge is 0.226 e. The van der Waals surface area contributed by atoms with E-state index in [0.29, 0.717) is 11.8 Å². The second-order valence-corrected chi connectivity index (χ2v) is 5.47. The predicted octanol–water partition coefficient (Wildman–Crippen LogP) is 1.40. The Bertz CT molecular complexity index is 272. The molecule has 2 aliphatic carbocycles. The maximum absolute atomic E-state index is 12.2. The van der Waals surface area contributed by atoms with Crippen molar-refractivity contribution in [2.24, 2.45) is 23.5 Å². The van der Waals surface area contributed by atoms with Gasteiger partial charge in [0.05, 0.1) is 0 Å². The highest BCUT2D eigenvalue weighted by Crippen LogP contribution is 2.56. The van der Waals surface area contributed by atoms with Gasteiger partial charge in [-0.25, -0.2) is 0 Å². The highest BCUT2D eigenvalue weighted by Gasteiger charge is 2.56. The summed E-state index contributed by atoms with van der Waals surface area (Å²) < 4.78 is 0. The van der Waals surface area contributed by atoms with E-state index in [0.717, 1.165) is 31.3 Å². The van der Waals surface area contributed by atoms with Crippen molar-refractivity contribution >= 4 is 18.3 Å². The van der Waals surface area contributed by atoms with E-state index in [-0.39, 0.29) is 18.4 Å². The second kappa shape index (κ2) is 4.53. The monoisotopic (exact) mass is 244 g/mol. The van der Waals surface area contributed by atoms with Gasteiger partial charge in [-0.2, -0.15) is 0 Å². The van der Waals surface area contributed by atoms with Crippen molar-refractivity contribution in [2.75, 3.05) is 13.1 Å². The summed E-state index contributed by atoms with van der Waals surface area (Å²) >= 11 is 0. The fraction of sp³-hybridized carbons (Fsp3) is 0.917. The molecule has 1 aliphatic heterocycles. The van der Waals surface area contributed by atoms with Crippen LogP contribution in [0.25, 0.3) is 0 Å². The Hall–Kier alpha value is -0.280. The number of rotatable bonds is 1. The number of hydrogen-bond acceptors (Lipinski definition) is 2. The molecule has 0 aromatic carbocycles. The van der Waals surface area contributed by atoms with Crippen LogP contribution in [0, 0.1) is 17.8 Å². The maximum atomic E-state index is 12.2. The molecule has 4 heteroatoms. The average molecular weight is 245 g/mol. The summed E-state index contributed by atoms with van der Waals surface area (Å²) in [6.45, 7) is 1.70. The molecule has 3 aliphatic rings. The van der Waals surface area contributed by atoms with Crippen LogP contribution in [0.1, 0.15) is 32.1 Å². The molecular formula is C12H21ClN2O. The summed E-state index contributed by atoms with van der Waals surface area (Å²) in [6.07, 6.45) is 6.25. The van der Waals surface area contributed by atoms with Gasteiger partial charge in [-0.1, -0.05) is 12.8 Å².